The van der Waals surface area contributed by atoms with Crippen LogP contribution in [0.3, 0.4) is 0 Å². The highest BCUT2D eigenvalue weighted by atomic mass is 32.2. The second-order valence-corrected chi connectivity index (χ2v) is 4.71. The van der Waals surface area contributed by atoms with Gasteiger partial charge in [-0.1, -0.05) is 0 Å². The van der Waals surface area contributed by atoms with Crippen LogP contribution in [0, 0.1) is 0 Å². The van der Waals surface area contributed by atoms with Crippen molar-refractivity contribution in [3.05, 3.63) is 0 Å². The summed E-state index contributed by atoms with van der Waals surface area (Å²) < 4.78 is 0. The van der Waals surface area contributed by atoms with Crippen LogP contribution in [0.5, 0.6) is 0 Å². The smallest absolute Gasteiger partial charge is 0.0570 e. The summed E-state index contributed by atoms with van der Waals surface area (Å²) in [5, 5.41) is 9.50. The predicted octanol–water partition coefficient (Wildman–Crippen LogP) is 0.557. The Labute approximate surface area is 72.0 Å². The minimum Gasteiger partial charge on any atom is -0.393 e. The van der Waals surface area contributed by atoms with Gasteiger partial charge in [0.25, 0.3) is 0 Å². The summed E-state index contributed by atoms with van der Waals surface area (Å²) in [6, 6.07) is 1.28. The Morgan fingerprint density at radius 3 is 2.36 bits per heavy atom. The number of thioether (sulfide) groups is 1. The van der Waals surface area contributed by atoms with E-state index >= 15 is 0 Å². The summed E-state index contributed by atoms with van der Waals surface area (Å²) in [6.07, 6.45) is 1.95. The van der Waals surface area contributed by atoms with Crippen LogP contribution in [0.25, 0.3) is 0 Å². The van der Waals surface area contributed by atoms with Crippen LogP contribution in [0.2, 0.25) is 0 Å². The molecule has 0 saturated carbocycles. The third-order valence-electron chi connectivity index (χ3n) is 2.86. The first-order valence-electron chi connectivity index (χ1n) is 4.25. The first kappa shape index (κ1) is 7.90. The van der Waals surface area contributed by atoms with E-state index in [0.29, 0.717) is 12.1 Å². The average Bonchev–Trinajstić information content (AvgIpc) is 1.92. The highest BCUT2D eigenvalue weighted by Crippen LogP contribution is 2.31. The molecule has 2 fully saturated rings. The van der Waals surface area contributed by atoms with Gasteiger partial charge < -0.3 is 5.11 Å². The van der Waals surface area contributed by atoms with Gasteiger partial charge in [0, 0.05) is 23.6 Å². The zero-order valence-corrected chi connectivity index (χ0v) is 7.68. The molecule has 3 heteroatoms. The van der Waals surface area contributed by atoms with E-state index < -0.39 is 0 Å². The van der Waals surface area contributed by atoms with E-state index in [1.807, 2.05) is 11.8 Å². The molecule has 2 unspecified atom stereocenters. The molecule has 2 atom stereocenters. The SMILES string of the molecule is CN1C2CSCC1CC(O)C2. The molecule has 64 valence electrons. The highest BCUT2D eigenvalue weighted by Gasteiger charge is 2.35. The van der Waals surface area contributed by atoms with Crippen LogP contribution in [-0.2, 0) is 0 Å². The van der Waals surface area contributed by atoms with Gasteiger partial charge in [-0.05, 0) is 19.9 Å². The van der Waals surface area contributed by atoms with Crippen molar-refractivity contribution in [1.82, 2.24) is 4.90 Å². The third-order valence-corrected chi connectivity index (χ3v) is 4.10. The van der Waals surface area contributed by atoms with E-state index in [4.69, 9.17) is 0 Å². The second kappa shape index (κ2) is 2.96. The molecule has 2 aliphatic rings. The maximum Gasteiger partial charge on any atom is 0.0570 e. The molecule has 0 amide bonds. The Balaban J connectivity index is 2.07. The lowest BCUT2D eigenvalue weighted by Gasteiger charge is -2.45. The van der Waals surface area contributed by atoms with E-state index in [0.717, 1.165) is 12.8 Å². The van der Waals surface area contributed by atoms with Crippen molar-refractivity contribution < 1.29 is 5.11 Å². The first-order chi connectivity index (χ1) is 5.27. The Kier molecular flexibility index (Phi) is 2.12. The summed E-state index contributed by atoms with van der Waals surface area (Å²) in [5.41, 5.74) is 0. The normalized spacial score (nSPS) is 45.8. The Hall–Kier alpha value is 0.270. The minimum atomic E-state index is -0.0258. The zero-order chi connectivity index (χ0) is 7.84. The van der Waals surface area contributed by atoms with Gasteiger partial charge in [0.05, 0.1) is 6.10 Å². The van der Waals surface area contributed by atoms with Crippen LogP contribution >= 0.6 is 11.8 Å². The maximum atomic E-state index is 9.50. The van der Waals surface area contributed by atoms with Gasteiger partial charge in [0.15, 0.2) is 0 Å². The highest BCUT2D eigenvalue weighted by molar-refractivity contribution is 7.99. The van der Waals surface area contributed by atoms with E-state index in [1.165, 1.54) is 11.5 Å². The van der Waals surface area contributed by atoms with Gasteiger partial charge >= 0.3 is 0 Å². The van der Waals surface area contributed by atoms with Crippen molar-refractivity contribution in [2.45, 2.75) is 31.0 Å². The number of fused-ring (bicyclic) bond motifs is 2. The Morgan fingerprint density at radius 1 is 1.27 bits per heavy atom. The molecule has 2 saturated heterocycles. The molecule has 2 nitrogen and oxygen atoms in total. The summed E-state index contributed by atoms with van der Waals surface area (Å²) in [5.74, 6) is 2.42. The summed E-state index contributed by atoms with van der Waals surface area (Å²) in [6.45, 7) is 0. The summed E-state index contributed by atoms with van der Waals surface area (Å²) in [7, 11) is 2.20. The van der Waals surface area contributed by atoms with Gasteiger partial charge in [-0.25, -0.2) is 0 Å². The van der Waals surface area contributed by atoms with Gasteiger partial charge in [0.1, 0.15) is 0 Å². The molecule has 0 aromatic carbocycles. The molecule has 0 aromatic rings. The second-order valence-electron chi connectivity index (χ2n) is 3.64. The van der Waals surface area contributed by atoms with E-state index in [2.05, 4.69) is 11.9 Å². The van der Waals surface area contributed by atoms with Crippen molar-refractivity contribution in [3.63, 3.8) is 0 Å². The number of piperidine rings is 1. The zero-order valence-electron chi connectivity index (χ0n) is 6.86. The summed E-state index contributed by atoms with van der Waals surface area (Å²) >= 11 is 2.04. The van der Waals surface area contributed by atoms with Crippen LogP contribution in [0.4, 0.5) is 0 Å². The lowest BCUT2D eigenvalue weighted by Crippen LogP contribution is -2.53. The van der Waals surface area contributed by atoms with E-state index in [1.54, 1.807) is 0 Å². The lowest BCUT2D eigenvalue weighted by atomic mass is 9.95. The van der Waals surface area contributed by atoms with Crippen molar-refractivity contribution in [2.24, 2.45) is 0 Å². The molecular formula is C8H15NOS. The molecule has 0 aliphatic carbocycles. The molecule has 2 rings (SSSR count). The number of aliphatic hydroxyl groups excluding tert-OH is 1. The van der Waals surface area contributed by atoms with Crippen LogP contribution < -0.4 is 0 Å². The Morgan fingerprint density at radius 2 is 1.82 bits per heavy atom. The van der Waals surface area contributed by atoms with Gasteiger partial charge in [0.2, 0.25) is 0 Å². The monoisotopic (exact) mass is 173 g/mol. The fraction of sp³-hybridized carbons (Fsp3) is 1.00. The maximum absolute atomic E-state index is 9.50. The quantitative estimate of drug-likeness (QED) is 0.579. The fourth-order valence-electron chi connectivity index (χ4n) is 2.07. The van der Waals surface area contributed by atoms with Crippen molar-refractivity contribution in [2.75, 3.05) is 18.6 Å². The minimum absolute atomic E-state index is 0.0258. The Bertz CT molecular complexity index is 139. The topological polar surface area (TPSA) is 23.5 Å². The van der Waals surface area contributed by atoms with Crippen molar-refractivity contribution in [3.8, 4) is 0 Å². The molecule has 11 heavy (non-hydrogen) atoms. The lowest BCUT2D eigenvalue weighted by molar-refractivity contribution is 0.0286. The fourth-order valence-corrected chi connectivity index (χ4v) is 3.49. The number of hydrogen-bond donors (Lipinski definition) is 1. The number of nitrogens with zero attached hydrogens (tertiary/aromatic N) is 1. The van der Waals surface area contributed by atoms with Crippen LogP contribution in [-0.4, -0.2) is 46.7 Å². The van der Waals surface area contributed by atoms with Gasteiger partial charge in [-0.2, -0.15) is 11.8 Å². The van der Waals surface area contributed by atoms with Crippen LogP contribution in [0.1, 0.15) is 12.8 Å². The standard InChI is InChI=1S/C8H15NOS/c1-9-6-2-8(10)3-7(9)5-11-4-6/h6-8,10H,2-5H2,1H3. The predicted molar refractivity (Wildman–Crippen MR) is 47.9 cm³/mol. The first-order valence-corrected chi connectivity index (χ1v) is 5.40. The summed E-state index contributed by atoms with van der Waals surface area (Å²) in [4.78, 5) is 2.45. The number of rotatable bonds is 0. The van der Waals surface area contributed by atoms with Gasteiger partial charge in [-0.3, -0.25) is 4.90 Å². The van der Waals surface area contributed by atoms with Gasteiger partial charge in [-0.15, -0.1) is 0 Å². The molecule has 1 N–H and O–H groups in total. The van der Waals surface area contributed by atoms with Crippen LogP contribution in [0.15, 0.2) is 0 Å². The molecule has 2 aliphatic heterocycles. The molecule has 2 heterocycles. The third kappa shape index (κ3) is 1.42. The average molecular weight is 173 g/mol. The molecular weight excluding hydrogens is 158 g/mol. The molecule has 2 bridgehead atoms. The largest absolute Gasteiger partial charge is 0.393 e. The van der Waals surface area contributed by atoms with Crippen molar-refractivity contribution >= 4 is 11.8 Å². The van der Waals surface area contributed by atoms with Crippen molar-refractivity contribution in [1.29, 1.82) is 0 Å². The number of aliphatic hydroxyl groups is 1. The van der Waals surface area contributed by atoms with E-state index in [-0.39, 0.29) is 6.10 Å². The molecule has 0 spiro atoms. The van der Waals surface area contributed by atoms with E-state index in [9.17, 15) is 5.11 Å². The molecule has 0 aromatic heterocycles. The molecule has 0 radical (unpaired) electrons. The number of hydrogen-bond acceptors (Lipinski definition) is 3.